The Morgan fingerprint density at radius 2 is 2.05 bits per heavy atom. The molecule has 0 atom stereocenters. The van der Waals surface area contributed by atoms with E-state index in [9.17, 15) is 0 Å². The minimum absolute atomic E-state index is 0.351. The van der Waals surface area contributed by atoms with Crippen molar-refractivity contribution in [3.05, 3.63) is 53.5 Å². The first-order valence-corrected chi connectivity index (χ1v) is 7.55. The van der Waals surface area contributed by atoms with Crippen LogP contribution in [0.5, 0.6) is 0 Å². The number of nitrogens with zero attached hydrogens (tertiary/aromatic N) is 2. The number of benzene rings is 1. The summed E-state index contributed by atoms with van der Waals surface area (Å²) >= 11 is 1.68. The number of hydrogen-bond donors (Lipinski definition) is 1. The molecule has 0 unspecified atom stereocenters. The van der Waals surface area contributed by atoms with Gasteiger partial charge < -0.3 is 14.7 Å². The van der Waals surface area contributed by atoms with E-state index in [1.54, 1.807) is 23.9 Å². The highest BCUT2D eigenvalue weighted by Crippen LogP contribution is 2.26. The van der Waals surface area contributed by atoms with Gasteiger partial charge in [0.2, 0.25) is 0 Å². The van der Waals surface area contributed by atoms with Gasteiger partial charge in [0.1, 0.15) is 5.76 Å². The molecule has 0 radical (unpaired) electrons. The zero-order valence-corrected chi connectivity index (χ0v) is 12.4. The molecule has 0 aliphatic heterocycles. The highest BCUT2D eigenvalue weighted by Gasteiger charge is 2.13. The van der Waals surface area contributed by atoms with Gasteiger partial charge >= 0.3 is 0 Å². The molecule has 2 aromatic heterocycles. The van der Waals surface area contributed by atoms with Gasteiger partial charge in [0.15, 0.2) is 11.6 Å². The van der Waals surface area contributed by atoms with Gasteiger partial charge in [-0.25, -0.2) is 0 Å². The quantitative estimate of drug-likeness (QED) is 0.728. The van der Waals surface area contributed by atoms with Crippen molar-refractivity contribution < 1.29 is 8.94 Å². The van der Waals surface area contributed by atoms with Crippen molar-refractivity contribution in [3.8, 4) is 11.7 Å². The summed E-state index contributed by atoms with van der Waals surface area (Å²) in [5.41, 5.74) is 6.75. The van der Waals surface area contributed by atoms with E-state index in [4.69, 9.17) is 14.7 Å². The molecule has 0 bridgehead atoms. The fourth-order valence-electron chi connectivity index (χ4n) is 1.88. The van der Waals surface area contributed by atoms with Gasteiger partial charge in [0, 0.05) is 4.90 Å². The van der Waals surface area contributed by atoms with Gasteiger partial charge in [-0.3, -0.25) is 0 Å². The van der Waals surface area contributed by atoms with E-state index < -0.39 is 0 Å². The van der Waals surface area contributed by atoms with Crippen molar-refractivity contribution in [2.75, 3.05) is 0 Å². The zero-order valence-electron chi connectivity index (χ0n) is 11.6. The van der Waals surface area contributed by atoms with Gasteiger partial charge in [-0.15, -0.1) is 11.8 Å². The number of thioether (sulfide) groups is 1. The maximum Gasteiger partial charge on any atom is 0.293 e. The van der Waals surface area contributed by atoms with Gasteiger partial charge in [0.05, 0.1) is 12.3 Å². The summed E-state index contributed by atoms with van der Waals surface area (Å²) < 4.78 is 10.7. The normalized spacial score (nSPS) is 11.0. The van der Waals surface area contributed by atoms with Crippen LogP contribution >= 0.6 is 11.8 Å². The van der Waals surface area contributed by atoms with Crippen LogP contribution in [0.3, 0.4) is 0 Å². The molecule has 0 amide bonds. The molecule has 6 heteroatoms. The Bertz CT molecular complexity index is 736. The first kappa shape index (κ1) is 13.9. The third kappa shape index (κ3) is 3.17. The SMILES string of the molecule is Cc1ccccc1SCc1noc(-c2ccc(CN)o2)n1. The second kappa shape index (κ2) is 6.15. The lowest BCUT2D eigenvalue weighted by molar-refractivity contribution is 0.407. The Kier molecular flexibility index (Phi) is 4.08. The number of aromatic nitrogens is 2. The monoisotopic (exact) mass is 301 g/mol. The summed E-state index contributed by atoms with van der Waals surface area (Å²) in [5, 5.41) is 3.97. The van der Waals surface area contributed by atoms with E-state index in [0.717, 1.165) is 0 Å². The van der Waals surface area contributed by atoms with Crippen LogP contribution in [0.2, 0.25) is 0 Å². The maximum absolute atomic E-state index is 5.51. The Balaban J connectivity index is 1.69. The van der Waals surface area contributed by atoms with E-state index >= 15 is 0 Å². The molecule has 0 saturated heterocycles. The molecule has 3 rings (SSSR count). The summed E-state index contributed by atoms with van der Waals surface area (Å²) in [6.45, 7) is 2.44. The van der Waals surface area contributed by atoms with Crippen LogP contribution in [-0.4, -0.2) is 10.1 Å². The van der Waals surface area contributed by atoms with Crippen molar-refractivity contribution in [2.45, 2.75) is 24.1 Å². The standard InChI is InChI=1S/C15H15N3O2S/c1-10-4-2-3-5-13(10)21-9-14-17-15(20-18-14)12-7-6-11(8-16)19-12/h2-7H,8-9,16H2,1H3. The third-order valence-electron chi connectivity index (χ3n) is 2.99. The van der Waals surface area contributed by atoms with Crippen LogP contribution in [0, 0.1) is 6.92 Å². The summed E-state index contributed by atoms with van der Waals surface area (Å²) in [6.07, 6.45) is 0. The predicted molar refractivity (Wildman–Crippen MR) is 80.6 cm³/mol. The summed E-state index contributed by atoms with van der Waals surface area (Å²) in [5.74, 6) is 2.92. The van der Waals surface area contributed by atoms with Gasteiger partial charge in [-0.05, 0) is 30.7 Å². The molecule has 1 aromatic carbocycles. The first-order valence-electron chi connectivity index (χ1n) is 6.56. The van der Waals surface area contributed by atoms with Crippen LogP contribution < -0.4 is 5.73 Å². The molecule has 2 heterocycles. The lowest BCUT2D eigenvalue weighted by Gasteiger charge is -2.01. The second-order valence-corrected chi connectivity index (χ2v) is 5.56. The molecule has 0 fully saturated rings. The molecule has 0 saturated carbocycles. The zero-order chi connectivity index (χ0) is 14.7. The third-order valence-corrected chi connectivity index (χ3v) is 4.16. The van der Waals surface area contributed by atoms with Crippen LogP contribution in [-0.2, 0) is 12.3 Å². The van der Waals surface area contributed by atoms with Gasteiger partial charge in [0.25, 0.3) is 5.89 Å². The lowest BCUT2D eigenvalue weighted by atomic mass is 10.2. The topological polar surface area (TPSA) is 78.1 Å². The van der Waals surface area contributed by atoms with E-state index in [1.807, 2.05) is 12.1 Å². The van der Waals surface area contributed by atoms with Gasteiger partial charge in [-0.2, -0.15) is 4.98 Å². The second-order valence-electron chi connectivity index (χ2n) is 4.54. The molecule has 0 spiro atoms. The average molecular weight is 301 g/mol. The predicted octanol–water partition coefficient (Wildman–Crippen LogP) is 3.39. The Labute approximate surface area is 126 Å². The van der Waals surface area contributed by atoms with Gasteiger partial charge in [-0.1, -0.05) is 23.4 Å². The van der Waals surface area contributed by atoms with Crippen molar-refractivity contribution in [1.82, 2.24) is 10.1 Å². The number of aryl methyl sites for hydroxylation is 1. The summed E-state index contributed by atoms with van der Waals surface area (Å²) in [7, 11) is 0. The van der Waals surface area contributed by atoms with Crippen LogP contribution in [0.1, 0.15) is 17.1 Å². The van der Waals surface area contributed by atoms with Crippen molar-refractivity contribution in [2.24, 2.45) is 5.73 Å². The fraction of sp³-hybridized carbons (Fsp3) is 0.200. The molecular weight excluding hydrogens is 286 g/mol. The Morgan fingerprint density at radius 1 is 1.19 bits per heavy atom. The Morgan fingerprint density at radius 3 is 2.81 bits per heavy atom. The largest absolute Gasteiger partial charge is 0.455 e. The number of furan rings is 1. The van der Waals surface area contributed by atoms with E-state index in [0.29, 0.717) is 35.5 Å². The van der Waals surface area contributed by atoms with Crippen molar-refractivity contribution in [3.63, 3.8) is 0 Å². The average Bonchev–Trinajstić information content (AvgIpc) is 3.15. The smallest absolute Gasteiger partial charge is 0.293 e. The van der Waals surface area contributed by atoms with E-state index in [-0.39, 0.29) is 0 Å². The van der Waals surface area contributed by atoms with E-state index in [2.05, 4.69) is 29.2 Å². The molecular formula is C15H15N3O2S. The molecule has 108 valence electrons. The van der Waals surface area contributed by atoms with E-state index in [1.165, 1.54) is 10.5 Å². The highest BCUT2D eigenvalue weighted by molar-refractivity contribution is 7.98. The Hall–Kier alpha value is -2.05. The molecule has 0 aliphatic rings. The summed E-state index contributed by atoms with van der Waals surface area (Å²) in [4.78, 5) is 5.55. The van der Waals surface area contributed by atoms with Crippen molar-refractivity contribution >= 4 is 11.8 Å². The fourth-order valence-corrected chi connectivity index (χ4v) is 2.75. The highest BCUT2D eigenvalue weighted by atomic mass is 32.2. The van der Waals surface area contributed by atoms with Crippen LogP contribution in [0.25, 0.3) is 11.7 Å². The summed E-state index contributed by atoms with van der Waals surface area (Å²) in [6, 6.07) is 11.8. The van der Waals surface area contributed by atoms with Crippen LogP contribution in [0.15, 0.2) is 50.2 Å². The number of hydrogen-bond acceptors (Lipinski definition) is 6. The number of nitrogens with two attached hydrogens (primary N) is 1. The number of rotatable bonds is 5. The minimum atomic E-state index is 0.351. The molecule has 21 heavy (non-hydrogen) atoms. The molecule has 5 nitrogen and oxygen atoms in total. The lowest BCUT2D eigenvalue weighted by Crippen LogP contribution is -1.92. The van der Waals surface area contributed by atoms with Crippen molar-refractivity contribution in [1.29, 1.82) is 0 Å². The maximum atomic E-state index is 5.51. The molecule has 2 N–H and O–H groups in total. The molecule has 0 aliphatic carbocycles. The first-order chi connectivity index (χ1) is 10.3. The van der Waals surface area contributed by atoms with Crippen LogP contribution in [0.4, 0.5) is 0 Å². The minimum Gasteiger partial charge on any atom is -0.455 e. The molecule has 3 aromatic rings.